The first-order chi connectivity index (χ1) is 10.9. The van der Waals surface area contributed by atoms with Gasteiger partial charge in [-0.2, -0.15) is 4.80 Å². The summed E-state index contributed by atoms with van der Waals surface area (Å²) in [4.78, 5) is 12.8. The Morgan fingerprint density at radius 1 is 1.30 bits per heavy atom. The summed E-state index contributed by atoms with van der Waals surface area (Å²) in [6, 6.07) is 7.86. The van der Waals surface area contributed by atoms with Gasteiger partial charge in [0.15, 0.2) is 6.61 Å². The van der Waals surface area contributed by atoms with Crippen molar-refractivity contribution in [3.05, 3.63) is 35.7 Å². The molecule has 7 nitrogen and oxygen atoms in total. The minimum atomic E-state index is -0.196. The van der Waals surface area contributed by atoms with Crippen LogP contribution in [0, 0.1) is 0 Å². The summed E-state index contributed by atoms with van der Waals surface area (Å²) in [5, 5.41) is 15.3. The second-order valence-corrected chi connectivity index (χ2v) is 6.68. The Labute approximate surface area is 135 Å². The Bertz CT molecular complexity index is 687. The summed E-state index contributed by atoms with van der Waals surface area (Å²) in [6.07, 6.45) is 1.44. The van der Waals surface area contributed by atoms with Crippen molar-refractivity contribution in [2.75, 3.05) is 0 Å². The van der Waals surface area contributed by atoms with Crippen molar-refractivity contribution in [3.8, 4) is 5.75 Å². The average molecular weight is 315 g/mol. The molecule has 1 N–H and O–H groups in total. The van der Waals surface area contributed by atoms with E-state index in [1.165, 1.54) is 0 Å². The average Bonchev–Trinajstić information content (AvgIpc) is 3.14. The van der Waals surface area contributed by atoms with Crippen molar-refractivity contribution >= 4 is 5.91 Å². The third kappa shape index (κ3) is 3.67. The smallest absolute Gasteiger partial charge is 0.220 e. The predicted octanol–water partition coefficient (Wildman–Crippen LogP) is 1.96. The monoisotopic (exact) mass is 315 g/mol. The third-order valence-corrected chi connectivity index (χ3v) is 3.70. The highest BCUT2D eigenvalue weighted by Crippen LogP contribution is 2.25. The molecular formula is C16H21N5O2. The molecule has 3 rings (SSSR count). The van der Waals surface area contributed by atoms with Gasteiger partial charge in [-0.15, -0.1) is 10.2 Å². The number of amides is 1. The summed E-state index contributed by atoms with van der Waals surface area (Å²) >= 11 is 0. The van der Waals surface area contributed by atoms with Gasteiger partial charge in [-0.3, -0.25) is 4.79 Å². The molecule has 122 valence electrons. The van der Waals surface area contributed by atoms with Crippen molar-refractivity contribution in [2.24, 2.45) is 0 Å². The molecule has 1 fully saturated rings. The fraction of sp³-hybridized carbons (Fsp3) is 0.500. The van der Waals surface area contributed by atoms with Gasteiger partial charge in [-0.05, 0) is 50.1 Å². The fourth-order valence-corrected chi connectivity index (χ4v) is 2.39. The quantitative estimate of drug-likeness (QED) is 0.932. The predicted molar refractivity (Wildman–Crippen MR) is 83.7 cm³/mol. The molecular weight excluding hydrogens is 294 g/mol. The topological polar surface area (TPSA) is 81.9 Å². The van der Waals surface area contributed by atoms with Crippen LogP contribution in [0.15, 0.2) is 24.3 Å². The highest BCUT2D eigenvalue weighted by Gasteiger charge is 2.22. The van der Waals surface area contributed by atoms with Crippen molar-refractivity contribution in [2.45, 2.75) is 51.8 Å². The second kappa shape index (κ2) is 5.98. The van der Waals surface area contributed by atoms with E-state index in [1.54, 1.807) is 4.80 Å². The minimum absolute atomic E-state index is 0.114. The Kier molecular flexibility index (Phi) is 4.02. The lowest BCUT2D eigenvalue weighted by Crippen LogP contribution is -2.24. The van der Waals surface area contributed by atoms with Crippen LogP contribution in [-0.4, -0.2) is 26.1 Å². The van der Waals surface area contributed by atoms with Gasteiger partial charge >= 0.3 is 0 Å². The summed E-state index contributed by atoms with van der Waals surface area (Å²) in [6.45, 7) is 6.31. The van der Waals surface area contributed by atoms with Crippen LogP contribution in [0.3, 0.4) is 0 Å². The van der Waals surface area contributed by atoms with Crippen LogP contribution in [0.4, 0.5) is 0 Å². The van der Waals surface area contributed by atoms with E-state index in [-0.39, 0.29) is 24.1 Å². The van der Waals surface area contributed by atoms with E-state index in [9.17, 15) is 4.79 Å². The van der Waals surface area contributed by atoms with E-state index in [1.807, 2.05) is 45.0 Å². The molecule has 23 heavy (non-hydrogen) atoms. The van der Waals surface area contributed by atoms with Gasteiger partial charge in [-0.1, -0.05) is 12.1 Å². The molecule has 7 heteroatoms. The van der Waals surface area contributed by atoms with Crippen molar-refractivity contribution in [3.63, 3.8) is 0 Å². The molecule has 0 saturated carbocycles. The van der Waals surface area contributed by atoms with Crippen LogP contribution in [0.5, 0.6) is 5.75 Å². The van der Waals surface area contributed by atoms with Gasteiger partial charge in [0.05, 0.1) is 11.6 Å². The SMILES string of the molecule is CC(C)(C)n1nnc(COc2ccc([C@@H]3CCC(=O)N3)cc2)n1. The van der Waals surface area contributed by atoms with E-state index in [2.05, 4.69) is 20.7 Å². The number of nitrogens with zero attached hydrogens (tertiary/aromatic N) is 4. The van der Waals surface area contributed by atoms with Crippen LogP contribution in [0.1, 0.15) is 51.0 Å². The van der Waals surface area contributed by atoms with E-state index in [0.717, 1.165) is 17.7 Å². The lowest BCUT2D eigenvalue weighted by molar-refractivity contribution is -0.119. The third-order valence-electron chi connectivity index (χ3n) is 3.70. The largest absolute Gasteiger partial charge is 0.485 e. The minimum Gasteiger partial charge on any atom is -0.485 e. The number of aromatic nitrogens is 4. The van der Waals surface area contributed by atoms with Crippen molar-refractivity contribution < 1.29 is 9.53 Å². The molecule has 0 aliphatic carbocycles. The highest BCUT2D eigenvalue weighted by atomic mass is 16.5. The maximum Gasteiger partial charge on any atom is 0.220 e. The van der Waals surface area contributed by atoms with Crippen molar-refractivity contribution in [1.82, 2.24) is 25.5 Å². The zero-order valence-corrected chi connectivity index (χ0v) is 13.6. The van der Waals surface area contributed by atoms with Crippen LogP contribution >= 0.6 is 0 Å². The number of hydrogen-bond donors (Lipinski definition) is 1. The van der Waals surface area contributed by atoms with E-state index < -0.39 is 0 Å². The molecule has 1 aliphatic rings. The zero-order chi connectivity index (χ0) is 16.4. The Morgan fingerprint density at radius 2 is 2.04 bits per heavy atom. The number of rotatable bonds is 4. The van der Waals surface area contributed by atoms with Crippen LogP contribution in [-0.2, 0) is 16.9 Å². The number of benzene rings is 1. The molecule has 1 aliphatic heterocycles. The van der Waals surface area contributed by atoms with Gasteiger partial charge in [0, 0.05) is 6.42 Å². The summed E-state index contributed by atoms with van der Waals surface area (Å²) < 4.78 is 5.69. The second-order valence-electron chi connectivity index (χ2n) is 6.68. The number of tetrazole rings is 1. The van der Waals surface area contributed by atoms with Crippen LogP contribution in [0.25, 0.3) is 0 Å². The molecule has 0 unspecified atom stereocenters. The first-order valence-corrected chi connectivity index (χ1v) is 7.73. The van der Waals surface area contributed by atoms with Gasteiger partial charge in [0.25, 0.3) is 0 Å². The first-order valence-electron chi connectivity index (χ1n) is 7.73. The molecule has 1 aromatic carbocycles. The molecule has 1 aromatic heterocycles. The number of ether oxygens (including phenoxy) is 1. The van der Waals surface area contributed by atoms with Crippen molar-refractivity contribution in [1.29, 1.82) is 0 Å². The zero-order valence-electron chi connectivity index (χ0n) is 13.6. The Morgan fingerprint density at radius 3 is 2.61 bits per heavy atom. The molecule has 0 bridgehead atoms. The molecule has 1 saturated heterocycles. The normalized spacial score (nSPS) is 18.0. The lowest BCUT2D eigenvalue weighted by Gasteiger charge is -2.15. The van der Waals surface area contributed by atoms with Crippen LogP contribution in [0.2, 0.25) is 0 Å². The maximum atomic E-state index is 11.3. The number of carbonyl (C=O) groups excluding carboxylic acids is 1. The number of hydrogen-bond acceptors (Lipinski definition) is 5. The molecule has 0 radical (unpaired) electrons. The summed E-state index contributed by atoms with van der Waals surface area (Å²) in [5.74, 6) is 1.40. The molecule has 0 spiro atoms. The van der Waals surface area contributed by atoms with Gasteiger partial charge < -0.3 is 10.1 Å². The van der Waals surface area contributed by atoms with E-state index in [4.69, 9.17) is 4.74 Å². The molecule has 2 aromatic rings. The lowest BCUT2D eigenvalue weighted by atomic mass is 10.1. The van der Waals surface area contributed by atoms with Gasteiger partial charge in [-0.25, -0.2) is 0 Å². The molecule has 1 atom stereocenters. The maximum absolute atomic E-state index is 11.3. The number of carbonyl (C=O) groups is 1. The fourth-order valence-electron chi connectivity index (χ4n) is 2.39. The van der Waals surface area contributed by atoms with Gasteiger partial charge in [0.2, 0.25) is 11.7 Å². The molecule has 2 heterocycles. The molecule has 1 amide bonds. The number of nitrogens with one attached hydrogen (secondary N) is 1. The summed E-state index contributed by atoms with van der Waals surface area (Å²) in [5.41, 5.74) is 0.901. The van der Waals surface area contributed by atoms with E-state index >= 15 is 0 Å². The highest BCUT2D eigenvalue weighted by molar-refractivity contribution is 5.78. The van der Waals surface area contributed by atoms with Crippen LogP contribution < -0.4 is 10.1 Å². The first kappa shape index (κ1) is 15.5. The standard InChI is InChI=1S/C16H21N5O2/c1-16(2,3)21-19-14(18-20-21)10-23-12-6-4-11(5-7-12)13-8-9-15(22)17-13/h4-7,13H,8-10H2,1-3H3,(H,17,22)/t13-/m0/s1. The van der Waals surface area contributed by atoms with Gasteiger partial charge in [0.1, 0.15) is 5.75 Å². The Hall–Kier alpha value is -2.44. The summed E-state index contributed by atoms with van der Waals surface area (Å²) in [7, 11) is 0. The van der Waals surface area contributed by atoms with E-state index in [0.29, 0.717) is 12.2 Å². The Balaban J connectivity index is 1.58.